The Morgan fingerprint density at radius 1 is 0.321 bits per heavy atom. The fourth-order valence-corrected chi connectivity index (χ4v) is 12.3. The van der Waals surface area contributed by atoms with Crippen molar-refractivity contribution >= 4 is 11.9 Å². The molecule has 0 aromatic rings. The molecule has 0 fully saturated rings. The molecule has 0 aliphatic rings. The van der Waals surface area contributed by atoms with Crippen molar-refractivity contribution in [1.29, 1.82) is 0 Å². The summed E-state index contributed by atoms with van der Waals surface area (Å²) in [6.07, 6.45) is 94.4. The number of ether oxygens (including phenoxy) is 1. The molecule has 1 amide bonds. The molecule has 0 aliphatic carbocycles. The Morgan fingerprint density at radius 3 is 0.845 bits per heavy atom. The number of carbonyl (C=O) groups is 2. The van der Waals surface area contributed by atoms with Crippen LogP contribution in [0.15, 0.2) is 24.3 Å². The van der Waals surface area contributed by atoms with Gasteiger partial charge in [0.15, 0.2) is 0 Å². The first-order chi connectivity index (χ1) is 41.5. The van der Waals surface area contributed by atoms with Crippen LogP contribution < -0.4 is 5.32 Å². The van der Waals surface area contributed by atoms with Crippen LogP contribution in [0, 0.1) is 0 Å². The molecule has 0 saturated carbocycles. The molecule has 498 valence electrons. The molecule has 3 N–H and O–H groups in total. The lowest BCUT2D eigenvalue weighted by Crippen LogP contribution is -2.45. The lowest BCUT2D eigenvalue weighted by atomic mass is 10.0. The van der Waals surface area contributed by atoms with Crippen molar-refractivity contribution in [3.63, 3.8) is 0 Å². The number of allylic oxidation sites excluding steroid dienone is 3. The lowest BCUT2D eigenvalue weighted by Gasteiger charge is -2.20. The minimum Gasteiger partial charge on any atom is -0.466 e. The van der Waals surface area contributed by atoms with Gasteiger partial charge in [-0.2, -0.15) is 0 Å². The zero-order valence-electron chi connectivity index (χ0n) is 57.2. The Bertz CT molecular complexity index is 1320. The van der Waals surface area contributed by atoms with Crippen LogP contribution in [-0.4, -0.2) is 47.4 Å². The van der Waals surface area contributed by atoms with E-state index in [4.69, 9.17) is 4.74 Å². The van der Waals surface area contributed by atoms with Gasteiger partial charge in [-0.1, -0.05) is 391 Å². The average Bonchev–Trinajstić information content (AvgIpc) is 3.53. The maximum atomic E-state index is 12.5. The van der Waals surface area contributed by atoms with Gasteiger partial charge in [0.05, 0.1) is 25.4 Å². The van der Waals surface area contributed by atoms with Gasteiger partial charge in [0.2, 0.25) is 5.91 Å². The van der Waals surface area contributed by atoms with Gasteiger partial charge in [0, 0.05) is 12.8 Å². The Hall–Kier alpha value is -1.66. The van der Waals surface area contributed by atoms with Crippen molar-refractivity contribution in [2.45, 2.75) is 450 Å². The molecule has 0 heterocycles. The molecule has 2 atom stereocenters. The predicted octanol–water partition coefficient (Wildman–Crippen LogP) is 25.3. The predicted molar refractivity (Wildman–Crippen MR) is 370 cm³/mol. The van der Waals surface area contributed by atoms with E-state index in [2.05, 4.69) is 31.3 Å². The van der Waals surface area contributed by atoms with Crippen LogP contribution in [0.5, 0.6) is 0 Å². The number of aliphatic hydroxyl groups is 2. The highest BCUT2D eigenvalue weighted by molar-refractivity contribution is 5.76. The van der Waals surface area contributed by atoms with Gasteiger partial charge in [0.1, 0.15) is 0 Å². The maximum absolute atomic E-state index is 12.5. The number of esters is 1. The molecule has 0 saturated heterocycles. The summed E-state index contributed by atoms with van der Waals surface area (Å²) in [6.45, 7) is 4.94. The number of hydrogen-bond donors (Lipinski definition) is 3. The third-order valence-corrected chi connectivity index (χ3v) is 18.2. The third-order valence-electron chi connectivity index (χ3n) is 18.2. The van der Waals surface area contributed by atoms with E-state index in [0.29, 0.717) is 19.4 Å². The third kappa shape index (κ3) is 69.4. The van der Waals surface area contributed by atoms with E-state index in [1.165, 1.54) is 372 Å². The Balaban J connectivity index is 3.31. The first-order valence-electron chi connectivity index (χ1n) is 38.6. The van der Waals surface area contributed by atoms with Crippen LogP contribution in [0.1, 0.15) is 438 Å². The van der Waals surface area contributed by atoms with E-state index in [9.17, 15) is 19.8 Å². The molecule has 0 aromatic carbocycles. The molecule has 0 aromatic heterocycles. The molecule has 6 heteroatoms. The van der Waals surface area contributed by atoms with E-state index in [1.807, 2.05) is 6.08 Å². The average molecular weight is 1180 g/mol. The molecule has 6 nitrogen and oxygen atoms in total. The van der Waals surface area contributed by atoms with Crippen molar-refractivity contribution in [3.05, 3.63) is 24.3 Å². The molecule has 0 bridgehead atoms. The summed E-state index contributed by atoms with van der Waals surface area (Å²) in [5.74, 6) is -0.0383. The normalized spacial score (nSPS) is 12.6. The number of carbonyl (C=O) groups excluding carboxylic acids is 2. The van der Waals surface area contributed by atoms with Gasteiger partial charge in [-0.15, -0.1) is 0 Å². The van der Waals surface area contributed by atoms with E-state index in [1.54, 1.807) is 6.08 Å². The van der Waals surface area contributed by atoms with Crippen LogP contribution >= 0.6 is 0 Å². The number of amides is 1. The van der Waals surface area contributed by atoms with Crippen LogP contribution in [-0.2, 0) is 14.3 Å². The molecule has 0 aliphatic heterocycles. The fourth-order valence-electron chi connectivity index (χ4n) is 12.3. The number of nitrogens with one attached hydrogen (secondary N) is 1. The Morgan fingerprint density at radius 2 is 0.560 bits per heavy atom. The van der Waals surface area contributed by atoms with Gasteiger partial charge in [0.25, 0.3) is 0 Å². The van der Waals surface area contributed by atoms with Crippen LogP contribution in [0.4, 0.5) is 0 Å². The molecule has 0 spiro atoms. The second-order valence-corrected chi connectivity index (χ2v) is 26.7. The maximum Gasteiger partial charge on any atom is 0.305 e. The zero-order valence-corrected chi connectivity index (χ0v) is 57.2. The number of rotatable bonds is 73. The van der Waals surface area contributed by atoms with Crippen molar-refractivity contribution < 1.29 is 24.5 Å². The summed E-state index contributed by atoms with van der Waals surface area (Å²) < 4.78 is 5.52. The standard InChI is InChI=1S/C78H151NO5/c1-3-5-7-9-11-13-15-17-19-20-36-40-44-48-52-56-60-64-68-72-78(83)84-73-69-65-61-57-53-49-45-41-38-35-33-31-29-27-25-23-21-22-24-26-28-30-32-34-37-39-43-47-51-55-59-63-67-71-77(82)79-75(74-80)76(81)70-66-62-58-54-50-46-42-18-16-14-12-10-8-6-4-2/h17,19,66,70,75-76,80-81H,3-16,18,20-65,67-69,71-74H2,1-2H3,(H,79,82)/b19-17-,70-66+. The number of unbranched alkanes of at least 4 members (excludes halogenated alkanes) is 60. The molecule has 84 heavy (non-hydrogen) atoms. The second kappa shape index (κ2) is 73.8. The highest BCUT2D eigenvalue weighted by Crippen LogP contribution is 2.20. The van der Waals surface area contributed by atoms with E-state index in [-0.39, 0.29) is 18.5 Å². The highest BCUT2D eigenvalue weighted by Gasteiger charge is 2.18. The minimum absolute atomic E-state index is 0.0219. The smallest absolute Gasteiger partial charge is 0.305 e. The Kier molecular flexibility index (Phi) is 72.3. The number of hydrogen-bond acceptors (Lipinski definition) is 5. The molecular formula is C78H151NO5. The molecular weight excluding hydrogens is 1030 g/mol. The van der Waals surface area contributed by atoms with Crippen molar-refractivity contribution in [2.75, 3.05) is 13.2 Å². The summed E-state index contributed by atoms with van der Waals surface area (Å²) in [5.41, 5.74) is 0. The van der Waals surface area contributed by atoms with Gasteiger partial charge in [-0.3, -0.25) is 9.59 Å². The first-order valence-corrected chi connectivity index (χ1v) is 38.6. The van der Waals surface area contributed by atoms with E-state index in [0.717, 1.165) is 38.5 Å². The largest absolute Gasteiger partial charge is 0.466 e. The summed E-state index contributed by atoms with van der Waals surface area (Å²) in [4.78, 5) is 24.6. The van der Waals surface area contributed by atoms with Gasteiger partial charge < -0.3 is 20.3 Å². The van der Waals surface area contributed by atoms with Crippen LogP contribution in [0.2, 0.25) is 0 Å². The summed E-state index contributed by atoms with van der Waals surface area (Å²) in [5, 5.41) is 23.2. The quantitative estimate of drug-likeness (QED) is 0.0320. The topological polar surface area (TPSA) is 95.9 Å². The number of aliphatic hydroxyl groups excluding tert-OH is 2. The molecule has 2 unspecified atom stereocenters. The monoisotopic (exact) mass is 1180 g/mol. The van der Waals surface area contributed by atoms with Gasteiger partial charge in [-0.05, 0) is 57.8 Å². The summed E-state index contributed by atoms with van der Waals surface area (Å²) >= 11 is 0. The van der Waals surface area contributed by atoms with E-state index < -0.39 is 12.1 Å². The zero-order chi connectivity index (χ0) is 60.6. The fraction of sp³-hybridized carbons (Fsp3) is 0.923. The minimum atomic E-state index is -0.840. The van der Waals surface area contributed by atoms with Gasteiger partial charge in [-0.25, -0.2) is 0 Å². The SMILES string of the molecule is CCCCCCCC/C=C\CCCCCCCCCCCC(=O)OCCCCCCCCCCCCCCCCCCCCCCCCCCCCCCCCCCCC(=O)NC(CO)C(O)/C=C/CCCCCCCCCCCCCCC. The first kappa shape index (κ1) is 82.3. The van der Waals surface area contributed by atoms with Crippen molar-refractivity contribution in [3.8, 4) is 0 Å². The Labute approximate surface area is 526 Å². The highest BCUT2D eigenvalue weighted by atomic mass is 16.5. The molecule has 0 rings (SSSR count). The second-order valence-electron chi connectivity index (χ2n) is 26.7. The molecule has 0 radical (unpaired) electrons. The van der Waals surface area contributed by atoms with Crippen molar-refractivity contribution in [1.82, 2.24) is 5.32 Å². The lowest BCUT2D eigenvalue weighted by molar-refractivity contribution is -0.143. The van der Waals surface area contributed by atoms with Crippen LogP contribution in [0.3, 0.4) is 0 Å². The van der Waals surface area contributed by atoms with Crippen LogP contribution in [0.25, 0.3) is 0 Å². The summed E-state index contributed by atoms with van der Waals surface area (Å²) in [6, 6.07) is -0.624. The van der Waals surface area contributed by atoms with Gasteiger partial charge >= 0.3 is 5.97 Å². The van der Waals surface area contributed by atoms with E-state index >= 15 is 0 Å². The summed E-state index contributed by atoms with van der Waals surface area (Å²) in [7, 11) is 0. The van der Waals surface area contributed by atoms with Crippen molar-refractivity contribution in [2.24, 2.45) is 0 Å².